The molecule has 68 heavy (non-hydrogen) atoms. The third kappa shape index (κ3) is 7.49. The molecule has 0 N–H and O–H groups in total. The fraction of sp³-hybridized carbons (Fsp3) is 0.0448. The molecule has 1 nitrogen and oxygen atoms in total. The molecule has 0 aromatic heterocycles. The Kier molecular flexibility index (Phi) is 10.3. The van der Waals surface area contributed by atoms with Crippen LogP contribution in [-0.4, -0.2) is 0 Å². The maximum absolute atomic E-state index is 2.41. The third-order valence-electron chi connectivity index (χ3n) is 14.1. The minimum atomic E-state index is -0.0553. The fourth-order valence-corrected chi connectivity index (χ4v) is 10.5. The van der Waals surface area contributed by atoms with Crippen molar-refractivity contribution in [2.75, 3.05) is 4.90 Å². The van der Waals surface area contributed by atoms with Gasteiger partial charge >= 0.3 is 0 Å². The molecule has 0 amide bonds. The number of hydrogen-bond acceptors (Lipinski definition) is 1. The predicted octanol–water partition coefficient (Wildman–Crippen LogP) is 18.6. The van der Waals surface area contributed by atoms with Crippen LogP contribution in [0.1, 0.15) is 25.0 Å². The summed E-state index contributed by atoms with van der Waals surface area (Å²) in [5.41, 5.74) is 23.1. The molecule has 1 heteroatoms. The van der Waals surface area contributed by atoms with Gasteiger partial charge < -0.3 is 4.90 Å². The molecule has 12 rings (SSSR count). The molecule has 0 fully saturated rings. The Labute approximate surface area is 399 Å². The number of benzene rings is 11. The van der Waals surface area contributed by atoms with E-state index in [0.29, 0.717) is 0 Å². The quantitative estimate of drug-likeness (QED) is 0.140. The standard InChI is InChI=1S/C67H49N/c1-67(2)65-26-12-11-24-63(65)64-40-33-53(45-66(64)67)49-29-36-59(37-30-49)68(58-34-27-48(28-35-58)52-21-13-22-54(41-52)62-25-14-20-51-19-9-10-23-61(51)62)60-38-31-50(32-39-60)57-43-55(46-15-5-3-6-16-46)42-56(44-57)47-17-7-4-8-18-47/h3-45H,1-2H3. The van der Waals surface area contributed by atoms with Crippen LogP contribution >= 0.6 is 0 Å². The molecule has 322 valence electrons. The van der Waals surface area contributed by atoms with E-state index in [-0.39, 0.29) is 5.41 Å². The topological polar surface area (TPSA) is 3.24 Å². The molecule has 1 aliphatic carbocycles. The van der Waals surface area contributed by atoms with Crippen molar-refractivity contribution in [1.82, 2.24) is 0 Å². The first-order chi connectivity index (χ1) is 33.4. The van der Waals surface area contributed by atoms with Crippen molar-refractivity contribution in [3.63, 3.8) is 0 Å². The van der Waals surface area contributed by atoms with E-state index in [1.54, 1.807) is 0 Å². The monoisotopic (exact) mass is 867 g/mol. The van der Waals surface area contributed by atoms with Gasteiger partial charge in [0.15, 0.2) is 0 Å². The number of nitrogens with zero attached hydrogens (tertiary/aromatic N) is 1. The molecule has 0 atom stereocenters. The highest BCUT2D eigenvalue weighted by atomic mass is 15.1. The molecular weight excluding hydrogens is 819 g/mol. The second-order valence-corrected chi connectivity index (χ2v) is 18.5. The van der Waals surface area contributed by atoms with Gasteiger partial charge in [0.25, 0.3) is 0 Å². The lowest BCUT2D eigenvalue weighted by atomic mass is 9.81. The first-order valence-electron chi connectivity index (χ1n) is 23.6. The Morgan fingerprint density at radius 2 is 0.632 bits per heavy atom. The van der Waals surface area contributed by atoms with Crippen molar-refractivity contribution in [1.29, 1.82) is 0 Å². The van der Waals surface area contributed by atoms with Crippen molar-refractivity contribution in [3.05, 3.63) is 272 Å². The van der Waals surface area contributed by atoms with Crippen LogP contribution in [0, 0.1) is 0 Å². The zero-order valence-electron chi connectivity index (χ0n) is 38.3. The molecular formula is C67H49N. The van der Waals surface area contributed by atoms with E-state index < -0.39 is 0 Å². The normalized spacial score (nSPS) is 12.4. The first kappa shape index (κ1) is 40.9. The highest BCUT2D eigenvalue weighted by molar-refractivity contribution is 5.97. The zero-order chi connectivity index (χ0) is 45.6. The van der Waals surface area contributed by atoms with Crippen LogP contribution in [0.4, 0.5) is 17.1 Å². The Hall–Kier alpha value is -8.52. The average Bonchev–Trinajstić information content (AvgIpc) is 3.64. The molecule has 1 aliphatic rings. The molecule has 0 aliphatic heterocycles. The maximum atomic E-state index is 2.41. The number of fused-ring (bicyclic) bond motifs is 4. The van der Waals surface area contributed by atoms with Gasteiger partial charge in [-0.2, -0.15) is 0 Å². The Morgan fingerprint density at radius 1 is 0.250 bits per heavy atom. The fourth-order valence-electron chi connectivity index (χ4n) is 10.5. The van der Waals surface area contributed by atoms with E-state index in [1.807, 2.05) is 0 Å². The van der Waals surface area contributed by atoms with Crippen LogP contribution in [0.3, 0.4) is 0 Å². The number of rotatable bonds is 9. The lowest BCUT2D eigenvalue weighted by Crippen LogP contribution is -2.14. The summed E-state index contributed by atoms with van der Waals surface area (Å²) in [6.45, 7) is 4.70. The molecule has 11 aromatic carbocycles. The van der Waals surface area contributed by atoms with Gasteiger partial charge in [0.2, 0.25) is 0 Å². The summed E-state index contributed by atoms with van der Waals surface area (Å²) in [5, 5.41) is 2.52. The molecule has 0 heterocycles. The van der Waals surface area contributed by atoms with Crippen LogP contribution in [0.25, 0.3) is 88.7 Å². The van der Waals surface area contributed by atoms with Crippen molar-refractivity contribution in [2.24, 2.45) is 0 Å². The molecule has 0 saturated carbocycles. The number of anilines is 3. The van der Waals surface area contributed by atoms with Gasteiger partial charge in [-0.15, -0.1) is 0 Å². The molecule has 0 spiro atoms. The van der Waals surface area contributed by atoms with Gasteiger partial charge in [-0.25, -0.2) is 0 Å². The van der Waals surface area contributed by atoms with Crippen molar-refractivity contribution >= 4 is 27.8 Å². The van der Waals surface area contributed by atoms with Crippen LogP contribution in [-0.2, 0) is 5.41 Å². The van der Waals surface area contributed by atoms with Gasteiger partial charge in [-0.3, -0.25) is 0 Å². The Balaban J connectivity index is 0.916. The maximum Gasteiger partial charge on any atom is 0.0462 e. The highest BCUT2D eigenvalue weighted by Crippen LogP contribution is 2.50. The van der Waals surface area contributed by atoms with E-state index in [0.717, 1.165) is 17.1 Å². The van der Waals surface area contributed by atoms with E-state index in [9.17, 15) is 0 Å². The molecule has 11 aromatic rings. The van der Waals surface area contributed by atoms with E-state index >= 15 is 0 Å². The largest absolute Gasteiger partial charge is 0.311 e. The predicted molar refractivity (Wildman–Crippen MR) is 289 cm³/mol. The molecule has 0 saturated heterocycles. The lowest BCUT2D eigenvalue weighted by molar-refractivity contribution is 0.660. The van der Waals surface area contributed by atoms with Crippen molar-refractivity contribution in [3.8, 4) is 77.9 Å². The van der Waals surface area contributed by atoms with Crippen molar-refractivity contribution in [2.45, 2.75) is 19.3 Å². The van der Waals surface area contributed by atoms with Crippen LogP contribution in [0.2, 0.25) is 0 Å². The second-order valence-electron chi connectivity index (χ2n) is 18.5. The summed E-state index contributed by atoms with van der Waals surface area (Å²) in [6.07, 6.45) is 0. The molecule has 0 bridgehead atoms. The number of hydrogen-bond donors (Lipinski definition) is 0. The summed E-state index contributed by atoms with van der Waals surface area (Å²) in [6, 6.07) is 95.5. The van der Waals surface area contributed by atoms with Crippen LogP contribution in [0.5, 0.6) is 0 Å². The average molecular weight is 868 g/mol. The smallest absolute Gasteiger partial charge is 0.0462 e. The van der Waals surface area contributed by atoms with Gasteiger partial charge in [-0.1, -0.05) is 208 Å². The molecule has 0 unspecified atom stereocenters. The van der Waals surface area contributed by atoms with Gasteiger partial charge in [0, 0.05) is 22.5 Å². The van der Waals surface area contributed by atoms with Crippen LogP contribution < -0.4 is 4.90 Å². The summed E-state index contributed by atoms with van der Waals surface area (Å²) >= 11 is 0. The lowest BCUT2D eigenvalue weighted by Gasteiger charge is -2.26. The Bertz CT molecular complexity index is 3540. The minimum absolute atomic E-state index is 0.0553. The summed E-state index contributed by atoms with van der Waals surface area (Å²) in [4.78, 5) is 2.38. The van der Waals surface area contributed by atoms with Gasteiger partial charge in [0.1, 0.15) is 0 Å². The highest BCUT2D eigenvalue weighted by Gasteiger charge is 2.35. The summed E-state index contributed by atoms with van der Waals surface area (Å²) in [5.74, 6) is 0. The van der Waals surface area contributed by atoms with Crippen molar-refractivity contribution < 1.29 is 0 Å². The molecule has 0 radical (unpaired) electrons. The third-order valence-corrected chi connectivity index (χ3v) is 14.1. The Morgan fingerprint density at radius 3 is 1.24 bits per heavy atom. The SMILES string of the molecule is CC1(C)c2ccccc2-c2ccc(-c3ccc(N(c4ccc(-c5cc(-c6ccccc6)cc(-c6ccccc6)c5)cc4)c4ccc(-c5cccc(-c6cccc7ccccc67)c5)cc4)cc3)cc21. The van der Waals surface area contributed by atoms with E-state index in [4.69, 9.17) is 0 Å². The van der Waals surface area contributed by atoms with Crippen LogP contribution in [0.15, 0.2) is 261 Å². The van der Waals surface area contributed by atoms with Gasteiger partial charge in [0.05, 0.1) is 0 Å². The van der Waals surface area contributed by atoms with E-state index in [1.165, 1.54) is 99.8 Å². The van der Waals surface area contributed by atoms with E-state index in [2.05, 4.69) is 280 Å². The summed E-state index contributed by atoms with van der Waals surface area (Å²) < 4.78 is 0. The minimum Gasteiger partial charge on any atom is -0.311 e. The second kappa shape index (κ2) is 17.0. The van der Waals surface area contributed by atoms with Gasteiger partial charge in [-0.05, 0) is 167 Å². The zero-order valence-corrected chi connectivity index (χ0v) is 38.3. The summed E-state index contributed by atoms with van der Waals surface area (Å²) in [7, 11) is 0. The first-order valence-corrected chi connectivity index (χ1v) is 23.6.